The first-order chi connectivity index (χ1) is 8.70. The summed E-state index contributed by atoms with van der Waals surface area (Å²) in [4.78, 5) is 4.38. The summed E-state index contributed by atoms with van der Waals surface area (Å²) in [6, 6.07) is 5.00. The summed E-state index contributed by atoms with van der Waals surface area (Å²) in [6.45, 7) is 0. The molecule has 96 valence electrons. The SMILES string of the molecule is O=S1CCC(Nc2nc3cc(F)ccc3s2)CC1. The Morgan fingerprint density at radius 3 is 2.94 bits per heavy atom. The first-order valence-electron chi connectivity index (χ1n) is 5.88. The highest BCUT2D eigenvalue weighted by atomic mass is 32.2. The van der Waals surface area contributed by atoms with Crippen molar-refractivity contribution in [2.75, 3.05) is 16.8 Å². The van der Waals surface area contributed by atoms with E-state index in [2.05, 4.69) is 10.3 Å². The normalized spacial score (nSPS) is 24.3. The molecule has 1 fully saturated rings. The minimum Gasteiger partial charge on any atom is -0.359 e. The van der Waals surface area contributed by atoms with Gasteiger partial charge in [0.05, 0.1) is 10.2 Å². The Hall–Kier alpha value is -1.01. The van der Waals surface area contributed by atoms with E-state index >= 15 is 0 Å². The zero-order chi connectivity index (χ0) is 12.5. The molecule has 0 spiro atoms. The number of nitrogens with one attached hydrogen (secondary N) is 1. The molecule has 0 radical (unpaired) electrons. The van der Waals surface area contributed by atoms with E-state index < -0.39 is 10.8 Å². The van der Waals surface area contributed by atoms with Gasteiger partial charge >= 0.3 is 0 Å². The van der Waals surface area contributed by atoms with Crippen LogP contribution in [0.4, 0.5) is 9.52 Å². The van der Waals surface area contributed by atoms with E-state index in [9.17, 15) is 8.60 Å². The van der Waals surface area contributed by atoms with Crippen LogP contribution in [0.1, 0.15) is 12.8 Å². The number of aromatic nitrogens is 1. The maximum Gasteiger partial charge on any atom is 0.184 e. The highest BCUT2D eigenvalue weighted by molar-refractivity contribution is 7.85. The van der Waals surface area contributed by atoms with E-state index in [1.807, 2.05) is 0 Å². The van der Waals surface area contributed by atoms with Gasteiger partial charge in [-0.05, 0) is 25.0 Å². The lowest BCUT2D eigenvalue weighted by Crippen LogP contribution is -2.29. The highest BCUT2D eigenvalue weighted by Crippen LogP contribution is 2.28. The second kappa shape index (κ2) is 4.93. The van der Waals surface area contributed by atoms with Crippen LogP contribution in [0.3, 0.4) is 0 Å². The number of rotatable bonds is 2. The van der Waals surface area contributed by atoms with E-state index in [0.29, 0.717) is 11.6 Å². The lowest BCUT2D eigenvalue weighted by Gasteiger charge is -2.21. The smallest absolute Gasteiger partial charge is 0.184 e. The van der Waals surface area contributed by atoms with Gasteiger partial charge in [0.2, 0.25) is 0 Å². The van der Waals surface area contributed by atoms with E-state index in [-0.39, 0.29) is 5.82 Å². The summed E-state index contributed by atoms with van der Waals surface area (Å²) < 4.78 is 25.3. The van der Waals surface area contributed by atoms with Gasteiger partial charge in [-0.2, -0.15) is 0 Å². The van der Waals surface area contributed by atoms with Crippen LogP contribution >= 0.6 is 11.3 Å². The molecule has 1 N–H and O–H groups in total. The zero-order valence-corrected chi connectivity index (χ0v) is 11.3. The molecule has 1 saturated heterocycles. The summed E-state index contributed by atoms with van der Waals surface area (Å²) in [5.74, 6) is 1.27. The molecule has 1 aromatic carbocycles. The van der Waals surface area contributed by atoms with Crippen LogP contribution in [0.2, 0.25) is 0 Å². The van der Waals surface area contributed by atoms with Crippen molar-refractivity contribution in [3.63, 3.8) is 0 Å². The molecule has 0 aliphatic carbocycles. The summed E-state index contributed by atoms with van der Waals surface area (Å²) in [6.07, 6.45) is 1.83. The molecular formula is C12H13FN2OS2. The van der Waals surface area contributed by atoms with Gasteiger partial charge in [-0.3, -0.25) is 4.21 Å². The third kappa shape index (κ3) is 2.54. The fraction of sp³-hybridized carbons (Fsp3) is 0.417. The van der Waals surface area contributed by atoms with Crippen molar-refractivity contribution in [2.24, 2.45) is 0 Å². The van der Waals surface area contributed by atoms with Crippen LogP contribution in [0.25, 0.3) is 10.2 Å². The Bertz CT molecular complexity index is 589. The van der Waals surface area contributed by atoms with Crippen molar-refractivity contribution in [1.29, 1.82) is 0 Å². The molecule has 0 unspecified atom stereocenters. The zero-order valence-electron chi connectivity index (χ0n) is 9.69. The van der Waals surface area contributed by atoms with Crippen LogP contribution in [-0.2, 0) is 10.8 Å². The lowest BCUT2D eigenvalue weighted by atomic mass is 10.2. The molecule has 0 bridgehead atoms. The molecule has 1 aliphatic rings. The second-order valence-corrected chi connectivity index (χ2v) is 7.12. The van der Waals surface area contributed by atoms with Gasteiger partial charge < -0.3 is 5.32 Å². The van der Waals surface area contributed by atoms with Crippen LogP contribution in [0.15, 0.2) is 18.2 Å². The van der Waals surface area contributed by atoms with Gasteiger partial charge in [0.25, 0.3) is 0 Å². The third-order valence-corrected chi connectivity index (χ3v) is 5.41. The van der Waals surface area contributed by atoms with Gasteiger partial charge in [0.1, 0.15) is 5.82 Å². The lowest BCUT2D eigenvalue weighted by molar-refractivity contribution is 0.623. The van der Waals surface area contributed by atoms with E-state index in [0.717, 1.165) is 34.2 Å². The predicted octanol–water partition coefficient (Wildman–Crippen LogP) is 2.76. The molecule has 0 saturated carbocycles. The Morgan fingerprint density at radius 1 is 1.39 bits per heavy atom. The number of fused-ring (bicyclic) bond motifs is 1. The number of nitrogens with zero attached hydrogens (tertiary/aromatic N) is 1. The number of halogens is 1. The first kappa shape index (κ1) is 12.0. The Balaban J connectivity index is 1.76. The fourth-order valence-corrected chi connectivity index (χ4v) is 4.30. The summed E-state index contributed by atoms with van der Waals surface area (Å²) in [7, 11) is -0.643. The molecule has 1 aliphatic heterocycles. The van der Waals surface area contributed by atoms with Crippen molar-refractivity contribution in [1.82, 2.24) is 4.98 Å². The molecule has 0 amide bonds. The van der Waals surface area contributed by atoms with Crippen molar-refractivity contribution in [3.05, 3.63) is 24.0 Å². The van der Waals surface area contributed by atoms with Gasteiger partial charge in [-0.15, -0.1) is 0 Å². The van der Waals surface area contributed by atoms with Gasteiger partial charge in [0, 0.05) is 34.4 Å². The molecule has 0 atom stereocenters. The van der Waals surface area contributed by atoms with Crippen LogP contribution < -0.4 is 5.32 Å². The van der Waals surface area contributed by atoms with Crippen molar-refractivity contribution in [3.8, 4) is 0 Å². The van der Waals surface area contributed by atoms with Crippen molar-refractivity contribution in [2.45, 2.75) is 18.9 Å². The molecular weight excluding hydrogens is 271 g/mol. The molecule has 2 aromatic rings. The summed E-state index contributed by atoms with van der Waals surface area (Å²) >= 11 is 1.54. The van der Waals surface area contributed by atoms with Crippen molar-refractivity contribution >= 4 is 37.5 Å². The molecule has 2 heterocycles. The van der Waals surface area contributed by atoms with Gasteiger partial charge in [0.15, 0.2) is 5.13 Å². The molecule has 6 heteroatoms. The number of hydrogen-bond acceptors (Lipinski definition) is 4. The Morgan fingerprint density at radius 2 is 2.17 bits per heavy atom. The standard InChI is InChI=1S/C12H13FN2OS2/c13-8-1-2-11-10(7-8)15-12(17-11)14-9-3-5-18(16)6-4-9/h1-2,7,9H,3-6H2,(H,14,15). The largest absolute Gasteiger partial charge is 0.359 e. The number of hydrogen-bond donors (Lipinski definition) is 1. The van der Waals surface area contributed by atoms with Crippen LogP contribution in [-0.4, -0.2) is 26.7 Å². The van der Waals surface area contributed by atoms with E-state index in [1.165, 1.54) is 23.5 Å². The Labute approximate surface area is 111 Å². The minimum absolute atomic E-state index is 0.257. The predicted molar refractivity (Wildman–Crippen MR) is 74.1 cm³/mol. The van der Waals surface area contributed by atoms with E-state index in [4.69, 9.17) is 0 Å². The number of anilines is 1. The molecule has 1 aromatic heterocycles. The van der Waals surface area contributed by atoms with Gasteiger partial charge in [-0.1, -0.05) is 11.3 Å². The maximum atomic E-state index is 13.1. The fourth-order valence-electron chi connectivity index (χ4n) is 2.08. The highest BCUT2D eigenvalue weighted by Gasteiger charge is 2.18. The minimum atomic E-state index is -0.643. The van der Waals surface area contributed by atoms with Crippen molar-refractivity contribution < 1.29 is 8.60 Å². The van der Waals surface area contributed by atoms with Crippen LogP contribution in [0.5, 0.6) is 0 Å². The van der Waals surface area contributed by atoms with E-state index in [1.54, 1.807) is 6.07 Å². The monoisotopic (exact) mass is 284 g/mol. The molecule has 3 rings (SSSR count). The Kier molecular flexibility index (Phi) is 3.30. The number of benzene rings is 1. The quantitative estimate of drug-likeness (QED) is 0.922. The maximum absolute atomic E-state index is 13.1. The third-order valence-electron chi connectivity index (χ3n) is 3.07. The van der Waals surface area contributed by atoms with Crippen LogP contribution in [0, 0.1) is 5.82 Å². The van der Waals surface area contributed by atoms with Gasteiger partial charge in [-0.25, -0.2) is 9.37 Å². The summed E-state index contributed by atoms with van der Waals surface area (Å²) in [5, 5.41) is 4.19. The molecule has 18 heavy (non-hydrogen) atoms. The average molecular weight is 284 g/mol. The second-order valence-electron chi connectivity index (χ2n) is 4.40. The first-order valence-corrected chi connectivity index (χ1v) is 8.19. The average Bonchev–Trinajstić information content (AvgIpc) is 2.73. The number of thiazole rings is 1. The topological polar surface area (TPSA) is 42.0 Å². The molecule has 3 nitrogen and oxygen atoms in total. The summed E-state index contributed by atoms with van der Waals surface area (Å²) in [5.41, 5.74) is 0.696.